The van der Waals surface area contributed by atoms with Crippen LogP contribution in [0.5, 0.6) is 0 Å². The molecule has 2 aromatic heterocycles. The molecule has 0 radical (unpaired) electrons. The Hall–Kier alpha value is -1.94. The summed E-state index contributed by atoms with van der Waals surface area (Å²) in [7, 11) is 0. The minimum atomic E-state index is 0.100. The van der Waals surface area contributed by atoms with Gasteiger partial charge in [0.05, 0.1) is 10.4 Å². The Kier molecular flexibility index (Phi) is 3.64. The number of amides is 1. The van der Waals surface area contributed by atoms with Crippen LogP contribution in [0.3, 0.4) is 0 Å². The highest BCUT2D eigenvalue weighted by atomic mass is 32.1. The summed E-state index contributed by atoms with van der Waals surface area (Å²) < 4.78 is 0. The summed E-state index contributed by atoms with van der Waals surface area (Å²) in [5.74, 6) is 0.100. The van der Waals surface area contributed by atoms with Crippen LogP contribution < -0.4 is 0 Å². The molecule has 1 aromatic carbocycles. The van der Waals surface area contributed by atoms with Gasteiger partial charge in [-0.05, 0) is 44.5 Å². The molecule has 0 saturated carbocycles. The molecule has 0 fully saturated rings. The maximum atomic E-state index is 12.4. The highest BCUT2D eigenvalue weighted by molar-refractivity contribution is 7.20. The molecule has 0 atom stereocenters. The van der Waals surface area contributed by atoms with E-state index in [9.17, 15) is 4.79 Å². The summed E-state index contributed by atoms with van der Waals surface area (Å²) in [6.07, 6.45) is 0. The second-order valence-corrected chi connectivity index (χ2v) is 6.20. The summed E-state index contributed by atoms with van der Waals surface area (Å²) in [5.41, 5.74) is 2.19. The Morgan fingerprint density at radius 1 is 1.14 bits per heavy atom. The second-order valence-electron chi connectivity index (χ2n) is 5.17. The molecule has 0 spiro atoms. The molecule has 4 heteroatoms. The monoisotopic (exact) mass is 298 g/mol. The van der Waals surface area contributed by atoms with Gasteiger partial charge in [-0.2, -0.15) is 0 Å². The zero-order valence-electron chi connectivity index (χ0n) is 12.5. The van der Waals surface area contributed by atoms with E-state index in [0.29, 0.717) is 0 Å². The second kappa shape index (κ2) is 5.45. The predicted octanol–water partition coefficient (Wildman–Crippen LogP) is 4.24. The Labute approximate surface area is 128 Å². The van der Waals surface area contributed by atoms with E-state index >= 15 is 0 Å². The van der Waals surface area contributed by atoms with Gasteiger partial charge in [0.25, 0.3) is 5.91 Å². The lowest BCUT2D eigenvalue weighted by atomic mass is 10.1. The van der Waals surface area contributed by atoms with Crippen molar-refractivity contribution in [3.8, 4) is 0 Å². The first-order chi connectivity index (χ1) is 10.1. The van der Waals surface area contributed by atoms with Crippen molar-refractivity contribution in [3.63, 3.8) is 0 Å². The van der Waals surface area contributed by atoms with E-state index in [-0.39, 0.29) is 5.91 Å². The lowest BCUT2D eigenvalue weighted by Crippen LogP contribution is -2.29. The van der Waals surface area contributed by atoms with Crippen molar-refractivity contribution in [2.75, 3.05) is 13.1 Å². The molecule has 1 amide bonds. The average molecular weight is 298 g/mol. The lowest BCUT2D eigenvalue weighted by Gasteiger charge is -2.16. The van der Waals surface area contributed by atoms with Crippen LogP contribution in [0.2, 0.25) is 0 Å². The first kappa shape index (κ1) is 14.0. The first-order valence-corrected chi connectivity index (χ1v) is 8.04. The largest absolute Gasteiger partial charge is 0.339 e. The van der Waals surface area contributed by atoms with Gasteiger partial charge >= 0.3 is 0 Å². The van der Waals surface area contributed by atoms with Crippen molar-refractivity contribution in [1.82, 2.24) is 9.88 Å². The van der Waals surface area contributed by atoms with Crippen LogP contribution in [0.1, 0.15) is 29.1 Å². The van der Waals surface area contributed by atoms with E-state index in [1.807, 2.05) is 24.8 Å². The van der Waals surface area contributed by atoms with Gasteiger partial charge in [-0.3, -0.25) is 4.79 Å². The Morgan fingerprint density at radius 3 is 2.62 bits per heavy atom. The third-order valence-corrected chi connectivity index (χ3v) is 4.75. The number of carbonyl (C=O) groups is 1. The van der Waals surface area contributed by atoms with E-state index in [4.69, 9.17) is 4.98 Å². The van der Waals surface area contributed by atoms with Gasteiger partial charge in [-0.1, -0.05) is 12.1 Å². The average Bonchev–Trinajstić information content (AvgIpc) is 2.88. The fourth-order valence-corrected chi connectivity index (χ4v) is 3.50. The quantitative estimate of drug-likeness (QED) is 0.724. The molecule has 0 aliphatic heterocycles. The Bertz CT molecular complexity index is 818. The molecule has 0 aliphatic carbocycles. The molecule has 3 aromatic rings. The maximum Gasteiger partial charge on any atom is 0.264 e. The summed E-state index contributed by atoms with van der Waals surface area (Å²) in [5, 5.41) is 2.17. The molecular weight excluding hydrogens is 280 g/mol. The molecule has 3 nitrogen and oxygen atoms in total. The van der Waals surface area contributed by atoms with E-state index < -0.39 is 0 Å². The molecule has 0 N–H and O–H groups in total. The minimum absolute atomic E-state index is 0.100. The molecule has 0 unspecified atom stereocenters. The number of rotatable bonds is 3. The van der Waals surface area contributed by atoms with Crippen molar-refractivity contribution in [2.24, 2.45) is 0 Å². The summed E-state index contributed by atoms with van der Waals surface area (Å²) in [6, 6.07) is 10.3. The molecular formula is C17H18N2OS. The van der Waals surface area contributed by atoms with Crippen LogP contribution in [-0.4, -0.2) is 28.9 Å². The van der Waals surface area contributed by atoms with Crippen molar-refractivity contribution in [3.05, 3.63) is 40.8 Å². The fraction of sp³-hybridized carbons (Fsp3) is 0.294. The third-order valence-electron chi connectivity index (χ3n) is 3.72. The number of benzene rings is 1. The lowest BCUT2D eigenvalue weighted by molar-refractivity contribution is 0.0778. The number of hydrogen-bond donors (Lipinski definition) is 0. The number of carbonyl (C=O) groups excluding carboxylic acids is 1. The third kappa shape index (κ3) is 2.51. The number of thiophene rings is 1. The van der Waals surface area contributed by atoms with E-state index in [0.717, 1.165) is 39.1 Å². The van der Waals surface area contributed by atoms with Crippen LogP contribution in [0, 0.1) is 6.92 Å². The van der Waals surface area contributed by atoms with Gasteiger partial charge in [-0.25, -0.2) is 4.98 Å². The maximum absolute atomic E-state index is 12.4. The van der Waals surface area contributed by atoms with Crippen molar-refractivity contribution in [2.45, 2.75) is 20.8 Å². The van der Waals surface area contributed by atoms with E-state index in [2.05, 4.69) is 31.2 Å². The molecule has 0 aliphatic rings. The minimum Gasteiger partial charge on any atom is -0.339 e. The highest BCUT2D eigenvalue weighted by Crippen LogP contribution is 2.28. The van der Waals surface area contributed by atoms with Gasteiger partial charge in [0.15, 0.2) is 0 Å². The number of hydrogen-bond acceptors (Lipinski definition) is 3. The highest BCUT2D eigenvalue weighted by Gasteiger charge is 2.16. The van der Waals surface area contributed by atoms with Crippen LogP contribution in [0.15, 0.2) is 30.3 Å². The number of fused-ring (bicyclic) bond motifs is 2. The number of aryl methyl sites for hydroxylation is 1. The van der Waals surface area contributed by atoms with Gasteiger partial charge in [0.1, 0.15) is 4.83 Å². The molecule has 0 bridgehead atoms. The zero-order chi connectivity index (χ0) is 15.0. The normalized spacial score (nSPS) is 11.2. The molecule has 3 rings (SSSR count). The SMILES string of the molecule is CCN(CC)C(=O)c1cc2cc3ccc(C)cc3nc2s1. The van der Waals surface area contributed by atoms with Gasteiger partial charge in [0, 0.05) is 23.9 Å². The van der Waals surface area contributed by atoms with E-state index in [1.165, 1.54) is 16.9 Å². The number of pyridine rings is 1. The first-order valence-electron chi connectivity index (χ1n) is 7.22. The fourth-order valence-electron chi connectivity index (χ4n) is 2.51. The standard InChI is InChI=1S/C17H18N2OS/c1-4-19(5-2)17(20)15-10-13-9-12-7-6-11(3)8-14(12)18-16(13)21-15/h6-10H,4-5H2,1-3H3. The van der Waals surface area contributed by atoms with Crippen molar-refractivity contribution >= 4 is 38.4 Å². The summed E-state index contributed by atoms with van der Waals surface area (Å²) in [4.78, 5) is 20.7. The van der Waals surface area contributed by atoms with Gasteiger partial charge < -0.3 is 4.90 Å². The van der Waals surface area contributed by atoms with Crippen LogP contribution >= 0.6 is 11.3 Å². The summed E-state index contributed by atoms with van der Waals surface area (Å²) >= 11 is 1.48. The Balaban J connectivity index is 2.11. The molecule has 0 saturated heterocycles. The van der Waals surface area contributed by atoms with Crippen molar-refractivity contribution in [1.29, 1.82) is 0 Å². The van der Waals surface area contributed by atoms with Crippen LogP contribution in [-0.2, 0) is 0 Å². The van der Waals surface area contributed by atoms with Crippen LogP contribution in [0.4, 0.5) is 0 Å². The molecule has 108 valence electrons. The van der Waals surface area contributed by atoms with Crippen molar-refractivity contribution < 1.29 is 4.79 Å². The van der Waals surface area contributed by atoms with E-state index in [1.54, 1.807) is 0 Å². The van der Waals surface area contributed by atoms with Gasteiger partial charge in [-0.15, -0.1) is 11.3 Å². The molecule has 21 heavy (non-hydrogen) atoms. The number of nitrogens with zero attached hydrogens (tertiary/aromatic N) is 2. The number of aromatic nitrogens is 1. The molecule has 2 heterocycles. The smallest absolute Gasteiger partial charge is 0.264 e. The van der Waals surface area contributed by atoms with Gasteiger partial charge in [0.2, 0.25) is 0 Å². The predicted molar refractivity (Wildman–Crippen MR) is 89.1 cm³/mol. The Morgan fingerprint density at radius 2 is 1.90 bits per heavy atom. The topological polar surface area (TPSA) is 33.2 Å². The summed E-state index contributed by atoms with van der Waals surface area (Å²) in [6.45, 7) is 7.54. The van der Waals surface area contributed by atoms with Crippen LogP contribution in [0.25, 0.3) is 21.1 Å². The zero-order valence-corrected chi connectivity index (χ0v) is 13.3.